The largest absolute Gasteiger partial charge is 0.500 e. The number of nitrogens with one attached hydrogen (secondary N) is 4. The van der Waals surface area contributed by atoms with E-state index >= 15 is 0 Å². The van der Waals surface area contributed by atoms with E-state index in [9.17, 15) is 15.3 Å². The molecule has 4 unspecified atom stereocenters. The van der Waals surface area contributed by atoms with Gasteiger partial charge in [-0.25, -0.2) is 0 Å². The van der Waals surface area contributed by atoms with Crippen LogP contribution in [0.4, 0.5) is 0 Å². The van der Waals surface area contributed by atoms with Gasteiger partial charge in [-0.2, -0.15) is 0 Å². The summed E-state index contributed by atoms with van der Waals surface area (Å²) in [5, 5.41) is 45.3. The van der Waals surface area contributed by atoms with Crippen LogP contribution < -0.4 is 21.3 Å². The molecule has 4 atom stereocenters. The first kappa shape index (κ1) is 55.8. The fraction of sp³-hybridized carbons (Fsp3) is 1.00. The van der Waals surface area contributed by atoms with Crippen molar-refractivity contribution in [2.75, 3.05) is 154 Å². The van der Waals surface area contributed by atoms with Gasteiger partial charge in [0.15, 0.2) is 0 Å². The number of hydrogen-bond acceptors (Lipinski definition) is 17. The first-order valence-electron chi connectivity index (χ1n) is 20.8. The summed E-state index contributed by atoms with van der Waals surface area (Å²) in [6, 6.07) is 1.29. The molecule has 19 heteroatoms. The molecular weight excluding hydrogens is 763 g/mol. The molecule has 0 saturated carbocycles. The highest BCUT2D eigenvalue weighted by atomic mass is 28.4. The minimum Gasteiger partial charge on any atom is -0.389 e. The van der Waals surface area contributed by atoms with Crippen LogP contribution in [0.25, 0.3) is 0 Å². The molecular formula is C37H85N5O12Si2. The van der Waals surface area contributed by atoms with Gasteiger partial charge in [0.25, 0.3) is 0 Å². The van der Waals surface area contributed by atoms with Gasteiger partial charge in [0.2, 0.25) is 0 Å². The Morgan fingerprint density at radius 1 is 0.518 bits per heavy atom. The predicted octanol–water partition coefficient (Wildman–Crippen LogP) is 0.532. The predicted molar refractivity (Wildman–Crippen MR) is 224 cm³/mol. The van der Waals surface area contributed by atoms with Gasteiger partial charge in [-0.15, -0.1) is 0 Å². The summed E-state index contributed by atoms with van der Waals surface area (Å²) < 4.78 is 49.9. The molecule has 0 aromatic carbocycles. The number of hydrogen-bond donors (Lipinski definition) is 7. The van der Waals surface area contributed by atoms with Crippen molar-refractivity contribution in [3.8, 4) is 0 Å². The Hall–Kier alpha value is -0.246. The fourth-order valence-corrected chi connectivity index (χ4v) is 9.41. The number of rotatable bonds is 44. The Bertz CT molecular complexity index is 830. The average molecular weight is 848 g/mol. The normalized spacial score (nSPS) is 14.8. The summed E-state index contributed by atoms with van der Waals surface area (Å²) >= 11 is 0. The zero-order valence-corrected chi connectivity index (χ0v) is 38.5. The summed E-state index contributed by atoms with van der Waals surface area (Å²) in [5.74, 6) is 0.517. The monoisotopic (exact) mass is 848 g/mol. The molecule has 0 aliphatic rings. The number of nitrogens with zero attached hydrogens (tertiary/aromatic N) is 1. The molecule has 7 N–H and O–H groups in total. The van der Waals surface area contributed by atoms with Gasteiger partial charge in [-0.1, -0.05) is 33.1 Å². The lowest BCUT2D eigenvalue weighted by Gasteiger charge is -2.28. The van der Waals surface area contributed by atoms with Crippen LogP contribution in [0, 0.1) is 5.92 Å². The van der Waals surface area contributed by atoms with Crippen molar-refractivity contribution in [1.29, 1.82) is 0 Å². The van der Waals surface area contributed by atoms with Crippen molar-refractivity contribution in [1.82, 2.24) is 26.2 Å². The van der Waals surface area contributed by atoms with Crippen LogP contribution in [-0.4, -0.2) is 210 Å². The van der Waals surface area contributed by atoms with E-state index in [1.165, 1.54) is 12.8 Å². The summed E-state index contributed by atoms with van der Waals surface area (Å²) in [6.07, 6.45) is 4.11. The maximum absolute atomic E-state index is 10.8. The molecule has 0 rings (SSSR count). The summed E-state index contributed by atoms with van der Waals surface area (Å²) in [5.41, 5.74) is 0. The van der Waals surface area contributed by atoms with Crippen LogP contribution in [0.15, 0.2) is 0 Å². The van der Waals surface area contributed by atoms with Crippen molar-refractivity contribution in [3.05, 3.63) is 0 Å². The van der Waals surface area contributed by atoms with Crippen molar-refractivity contribution in [2.45, 2.75) is 82.8 Å². The van der Waals surface area contributed by atoms with Gasteiger partial charge < -0.3 is 77.4 Å². The van der Waals surface area contributed by atoms with Crippen LogP contribution in [0.3, 0.4) is 0 Å². The van der Waals surface area contributed by atoms with Crippen LogP contribution in [-0.2, 0) is 40.8 Å². The van der Waals surface area contributed by atoms with E-state index in [4.69, 9.17) is 40.8 Å². The van der Waals surface area contributed by atoms with E-state index in [0.717, 1.165) is 58.5 Å². The first-order chi connectivity index (χ1) is 27.1. The van der Waals surface area contributed by atoms with E-state index in [1.807, 2.05) is 0 Å². The van der Waals surface area contributed by atoms with Crippen molar-refractivity contribution < 1.29 is 56.1 Å². The van der Waals surface area contributed by atoms with E-state index in [2.05, 4.69) is 40.0 Å². The van der Waals surface area contributed by atoms with Gasteiger partial charge in [-0.3, -0.25) is 4.90 Å². The Labute approximate surface area is 342 Å². The van der Waals surface area contributed by atoms with Gasteiger partial charge in [0.1, 0.15) is 0 Å². The van der Waals surface area contributed by atoms with E-state index in [1.54, 1.807) is 42.7 Å². The number of ether oxygens (including phenoxy) is 3. The third-order valence-corrected chi connectivity index (χ3v) is 15.3. The van der Waals surface area contributed by atoms with Crippen molar-refractivity contribution in [3.63, 3.8) is 0 Å². The molecule has 0 bridgehead atoms. The summed E-state index contributed by atoms with van der Waals surface area (Å²) in [4.78, 5) is 2.07. The Kier molecular flexibility index (Phi) is 37.6. The fourth-order valence-electron chi connectivity index (χ4n) is 6.03. The summed E-state index contributed by atoms with van der Waals surface area (Å²) in [6.45, 7) is 14.2. The van der Waals surface area contributed by atoms with Gasteiger partial charge in [-0.05, 0) is 25.2 Å². The number of aliphatic hydroxyl groups is 3. The minimum absolute atomic E-state index is 0.196. The molecule has 0 saturated heterocycles. The molecule has 0 radical (unpaired) electrons. The smallest absolute Gasteiger partial charge is 0.389 e. The first-order valence-corrected chi connectivity index (χ1v) is 24.6. The maximum Gasteiger partial charge on any atom is 0.500 e. The second-order valence-electron chi connectivity index (χ2n) is 14.1. The molecule has 0 heterocycles. The quantitative estimate of drug-likeness (QED) is 0.0331. The molecule has 0 aromatic rings. The molecule has 56 heavy (non-hydrogen) atoms. The highest BCUT2D eigenvalue weighted by molar-refractivity contribution is 6.60. The van der Waals surface area contributed by atoms with E-state index < -0.39 is 35.9 Å². The molecule has 0 aromatic heterocycles. The Morgan fingerprint density at radius 3 is 1.39 bits per heavy atom. The Balaban J connectivity index is 4.30. The van der Waals surface area contributed by atoms with E-state index in [0.29, 0.717) is 77.0 Å². The van der Waals surface area contributed by atoms with Crippen LogP contribution in [0.5, 0.6) is 0 Å². The lowest BCUT2D eigenvalue weighted by Crippen LogP contribution is -2.44. The highest BCUT2D eigenvalue weighted by Crippen LogP contribution is 2.16. The number of unbranched alkanes of at least 4 members (excludes halogenated alkanes) is 1. The zero-order valence-electron chi connectivity index (χ0n) is 36.5. The third-order valence-electron chi connectivity index (χ3n) is 9.60. The molecule has 17 nitrogen and oxygen atoms in total. The maximum atomic E-state index is 10.8. The van der Waals surface area contributed by atoms with Crippen molar-refractivity contribution in [2.24, 2.45) is 5.92 Å². The zero-order chi connectivity index (χ0) is 41.8. The highest BCUT2D eigenvalue weighted by Gasteiger charge is 2.37. The van der Waals surface area contributed by atoms with Gasteiger partial charge in [0.05, 0.1) is 38.1 Å². The molecule has 0 fully saturated rings. The standard InChI is InChI=1S/C37H85N5O12Si2/c1-9-11-14-34(10-2)30-54-33-37(45)29-42(28-36(44)32-53-24-13-26-56(49-6,50-7)51-8)22-21-40-18-17-38-15-16-39-19-20-41-27-35(43)31-52-23-12-25-55(46-3,47-4)48-5/h34-41,43-45H,9-33H2,1-8H3. The number of aliphatic hydroxyl groups excluding tert-OH is 3. The molecule has 0 aliphatic carbocycles. The lowest BCUT2D eigenvalue weighted by atomic mass is 10.0. The third kappa shape index (κ3) is 29.1. The van der Waals surface area contributed by atoms with Crippen LogP contribution in [0.1, 0.15) is 52.4 Å². The second kappa shape index (κ2) is 37.7. The van der Waals surface area contributed by atoms with Gasteiger partial charge >= 0.3 is 17.6 Å². The Morgan fingerprint density at radius 2 is 0.946 bits per heavy atom. The SMILES string of the molecule is CCCCC(CC)COCC(O)CN(CCNCCNCCNCCNCC(O)COCCC[Si](OC)(OC)OC)CC(O)COCCC[Si](OC)(OC)OC. The van der Waals surface area contributed by atoms with Crippen LogP contribution >= 0.6 is 0 Å². The molecule has 338 valence electrons. The molecule has 0 amide bonds. The lowest BCUT2D eigenvalue weighted by molar-refractivity contribution is -0.0159. The topological polar surface area (TPSA) is 195 Å². The van der Waals surface area contributed by atoms with Crippen molar-refractivity contribution >= 4 is 17.6 Å². The molecule has 0 spiro atoms. The average Bonchev–Trinajstić information content (AvgIpc) is 3.21. The van der Waals surface area contributed by atoms with Gasteiger partial charge in [0, 0.05) is 147 Å². The summed E-state index contributed by atoms with van der Waals surface area (Å²) in [7, 11) is 4.35. The molecule has 0 aliphatic heterocycles. The van der Waals surface area contributed by atoms with E-state index in [-0.39, 0.29) is 19.8 Å². The minimum atomic E-state index is -2.64. The second-order valence-corrected chi connectivity index (χ2v) is 20.3. The van der Waals surface area contributed by atoms with Crippen LogP contribution in [0.2, 0.25) is 12.1 Å².